The van der Waals surface area contributed by atoms with E-state index in [1.165, 1.54) is 6.20 Å². The van der Waals surface area contributed by atoms with Crippen LogP contribution in [0.2, 0.25) is 5.02 Å². The lowest BCUT2D eigenvalue weighted by molar-refractivity contribution is 1.04. The van der Waals surface area contributed by atoms with Crippen LogP contribution in [0.3, 0.4) is 0 Å². The van der Waals surface area contributed by atoms with Crippen molar-refractivity contribution in [3.63, 3.8) is 0 Å². The third-order valence-electron chi connectivity index (χ3n) is 2.20. The quantitative estimate of drug-likeness (QED) is 0.773. The highest BCUT2D eigenvalue weighted by Crippen LogP contribution is 2.10. The number of nitrogens with two attached hydrogens (primary N) is 1. The minimum absolute atomic E-state index is 0.0991. The van der Waals surface area contributed by atoms with E-state index in [9.17, 15) is 4.79 Å². The van der Waals surface area contributed by atoms with Gasteiger partial charge in [0.15, 0.2) is 0 Å². The van der Waals surface area contributed by atoms with E-state index in [-0.39, 0.29) is 11.2 Å². The van der Waals surface area contributed by atoms with E-state index in [1.54, 1.807) is 12.1 Å². The van der Waals surface area contributed by atoms with E-state index in [2.05, 4.69) is 15.3 Å². The molecule has 88 valence electrons. The Morgan fingerprint density at radius 3 is 2.71 bits per heavy atom. The number of anilines is 2. The Morgan fingerprint density at radius 2 is 2.06 bits per heavy atom. The Labute approximate surface area is 103 Å². The molecule has 0 unspecified atom stereocenters. The molecular weight excluding hydrogens is 240 g/mol. The zero-order chi connectivity index (χ0) is 12.3. The van der Waals surface area contributed by atoms with Gasteiger partial charge in [-0.1, -0.05) is 23.7 Å². The summed E-state index contributed by atoms with van der Waals surface area (Å²) < 4.78 is 0. The Morgan fingerprint density at radius 1 is 1.35 bits per heavy atom. The summed E-state index contributed by atoms with van der Waals surface area (Å²) in [7, 11) is 0. The second-order valence-electron chi connectivity index (χ2n) is 3.50. The van der Waals surface area contributed by atoms with Crippen molar-refractivity contribution in [2.45, 2.75) is 6.54 Å². The van der Waals surface area contributed by atoms with Gasteiger partial charge in [-0.15, -0.1) is 0 Å². The molecule has 0 spiro atoms. The smallest absolute Gasteiger partial charge is 0.275 e. The summed E-state index contributed by atoms with van der Waals surface area (Å²) in [4.78, 5) is 17.7. The Balaban J connectivity index is 2.04. The maximum absolute atomic E-state index is 11.2. The molecule has 0 aliphatic carbocycles. The number of benzene rings is 1. The van der Waals surface area contributed by atoms with Gasteiger partial charge in [0.1, 0.15) is 5.69 Å². The van der Waals surface area contributed by atoms with Gasteiger partial charge in [-0.05, 0) is 17.7 Å². The summed E-state index contributed by atoms with van der Waals surface area (Å²) >= 11 is 5.77. The van der Waals surface area contributed by atoms with Crippen LogP contribution in [0, 0.1) is 0 Å². The predicted octanol–water partition coefficient (Wildman–Crippen LogP) is 1.62. The number of nitrogen functional groups attached to an aromatic ring is 1. The average Bonchev–Trinajstić information content (AvgIpc) is 2.33. The molecule has 0 amide bonds. The first kappa shape index (κ1) is 11.5. The number of H-pyrrole nitrogens is 1. The van der Waals surface area contributed by atoms with Crippen molar-refractivity contribution >= 4 is 23.2 Å². The van der Waals surface area contributed by atoms with Crippen molar-refractivity contribution in [3.8, 4) is 0 Å². The third-order valence-corrected chi connectivity index (χ3v) is 2.45. The highest BCUT2D eigenvalue weighted by molar-refractivity contribution is 6.30. The van der Waals surface area contributed by atoms with Gasteiger partial charge in [0.2, 0.25) is 5.95 Å². The highest BCUT2D eigenvalue weighted by atomic mass is 35.5. The maximum Gasteiger partial charge on any atom is 0.275 e. The zero-order valence-corrected chi connectivity index (χ0v) is 9.66. The van der Waals surface area contributed by atoms with E-state index >= 15 is 0 Å². The molecule has 1 heterocycles. The van der Waals surface area contributed by atoms with Gasteiger partial charge < -0.3 is 11.1 Å². The Bertz CT molecular complexity index is 564. The topological polar surface area (TPSA) is 83.8 Å². The normalized spacial score (nSPS) is 10.2. The first-order chi connectivity index (χ1) is 8.15. The van der Waals surface area contributed by atoms with Gasteiger partial charge in [-0.3, -0.25) is 9.78 Å². The van der Waals surface area contributed by atoms with Crippen molar-refractivity contribution < 1.29 is 0 Å². The minimum atomic E-state index is -0.349. The highest BCUT2D eigenvalue weighted by Gasteiger charge is 1.98. The molecule has 2 aromatic rings. The van der Waals surface area contributed by atoms with Crippen LogP contribution < -0.4 is 16.6 Å². The molecule has 1 aromatic heterocycles. The molecule has 2 rings (SSSR count). The van der Waals surface area contributed by atoms with Crippen LogP contribution >= 0.6 is 11.6 Å². The molecule has 4 N–H and O–H groups in total. The summed E-state index contributed by atoms with van der Waals surface area (Å²) in [5.41, 5.74) is 6.15. The van der Waals surface area contributed by atoms with Crippen LogP contribution in [0.5, 0.6) is 0 Å². The van der Waals surface area contributed by atoms with Gasteiger partial charge in [0, 0.05) is 11.6 Å². The third kappa shape index (κ3) is 2.98. The molecule has 0 radical (unpaired) electrons. The number of nitrogens with zero attached hydrogens (tertiary/aromatic N) is 1. The SMILES string of the molecule is Nc1cnc(NCc2ccc(Cl)cc2)[nH]c1=O. The standard InChI is InChI=1S/C11H11ClN4O/c12-8-3-1-7(2-4-8)5-14-11-15-6-9(13)10(17)16-11/h1-4,6H,5,13H2,(H2,14,15,16,17). The number of rotatable bonds is 3. The van der Waals surface area contributed by atoms with Crippen molar-refractivity contribution in [2.24, 2.45) is 0 Å². The van der Waals surface area contributed by atoms with Crippen LogP contribution in [-0.2, 0) is 6.54 Å². The first-order valence-corrected chi connectivity index (χ1v) is 5.36. The second kappa shape index (κ2) is 4.88. The van der Waals surface area contributed by atoms with Crippen molar-refractivity contribution in [3.05, 3.63) is 51.4 Å². The fourth-order valence-corrected chi connectivity index (χ4v) is 1.41. The molecule has 0 aliphatic heterocycles. The van der Waals surface area contributed by atoms with Crippen LogP contribution in [0.1, 0.15) is 5.56 Å². The summed E-state index contributed by atoms with van der Waals surface area (Å²) in [6, 6.07) is 7.39. The van der Waals surface area contributed by atoms with Gasteiger partial charge in [0.25, 0.3) is 5.56 Å². The van der Waals surface area contributed by atoms with E-state index < -0.39 is 0 Å². The lowest BCUT2D eigenvalue weighted by atomic mass is 10.2. The van der Waals surface area contributed by atoms with Gasteiger partial charge in [0.05, 0.1) is 6.20 Å². The molecule has 0 atom stereocenters. The maximum atomic E-state index is 11.2. The molecule has 17 heavy (non-hydrogen) atoms. The molecule has 6 heteroatoms. The van der Waals surface area contributed by atoms with E-state index in [1.807, 2.05) is 12.1 Å². The van der Waals surface area contributed by atoms with Crippen LogP contribution in [0.25, 0.3) is 0 Å². The largest absolute Gasteiger partial charge is 0.393 e. The van der Waals surface area contributed by atoms with Crippen molar-refractivity contribution in [1.29, 1.82) is 0 Å². The van der Waals surface area contributed by atoms with Crippen molar-refractivity contribution in [1.82, 2.24) is 9.97 Å². The Hall–Kier alpha value is -2.01. The number of nitrogens with one attached hydrogen (secondary N) is 2. The van der Waals surface area contributed by atoms with Crippen LogP contribution in [-0.4, -0.2) is 9.97 Å². The first-order valence-electron chi connectivity index (χ1n) is 4.98. The number of aromatic amines is 1. The van der Waals surface area contributed by atoms with Gasteiger partial charge in [-0.2, -0.15) is 0 Å². The molecule has 0 aliphatic rings. The summed E-state index contributed by atoms with van der Waals surface area (Å²) in [5.74, 6) is 0.388. The molecular formula is C11H11ClN4O. The monoisotopic (exact) mass is 250 g/mol. The predicted molar refractivity (Wildman–Crippen MR) is 68.0 cm³/mol. The number of hydrogen-bond donors (Lipinski definition) is 3. The molecule has 1 aromatic carbocycles. The Kier molecular flexibility index (Phi) is 3.30. The van der Waals surface area contributed by atoms with E-state index in [0.29, 0.717) is 17.5 Å². The molecule has 0 saturated carbocycles. The van der Waals surface area contributed by atoms with Crippen molar-refractivity contribution in [2.75, 3.05) is 11.1 Å². The van der Waals surface area contributed by atoms with Gasteiger partial charge in [-0.25, -0.2) is 4.98 Å². The molecule has 0 fully saturated rings. The van der Waals surface area contributed by atoms with E-state index in [0.717, 1.165) is 5.56 Å². The molecule has 5 nitrogen and oxygen atoms in total. The lowest BCUT2D eigenvalue weighted by Gasteiger charge is -2.05. The van der Waals surface area contributed by atoms with Crippen LogP contribution in [0.15, 0.2) is 35.3 Å². The minimum Gasteiger partial charge on any atom is -0.393 e. The zero-order valence-electron chi connectivity index (χ0n) is 8.90. The number of halogens is 1. The summed E-state index contributed by atoms with van der Waals surface area (Å²) in [5, 5.41) is 3.67. The van der Waals surface area contributed by atoms with Crippen LogP contribution in [0.4, 0.5) is 11.6 Å². The summed E-state index contributed by atoms with van der Waals surface area (Å²) in [6.07, 6.45) is 1.32. The fourth-order valence-electron chi connectivity index (χ4n) is 1.28. The van der Waals surface area contributed by atoms with Gasteiger partial charge >= 0.3 is 0 Å². The molecule has 0 saturated heterocycles. The molecule has 0 bridgehead atoms. The lowest BCUT2D eigenvalue weighted by Crippen LogP contribution is -2.15. The average molecular weight is 251 g/mol. The fraction of sp³-hybridized carbons (Fsp3) is 0.0909. The number of hydrogen-bond acceptors (Lipinski definition) is 4. The summed E-state index contributed by atoms with van der Waals surface area (Å²) in [6.45, 7) is 0.546. The second-order valence-corrected chi connectivity index (χ2v) is 3.93. The van der Waals surface area contributed by atoms with E-state index in [4.69, 9.17) is 17.3 Å². The number of aromatic nitrogens is 2.